The van der Waals surface area contributed by atoms with E-state index in [1.807, 2.05) is 0 Å². The fourth-order valence-electron chi connectivity index (χ4n) is 7.61. The predicted molar refractivity (Wildman–Crippen MR) is 179 cm³/mol. The minimum Gasteiger partial charge on any atom is -0.310 e. The van der Waals surface area contributed by atoms with E-state index in [2.05, 4.69) is 157 Å². The van der Waals surface area contributed by atoms with E-state index in [-0.39, 0.29) is 12.1 Å². The lowest BCUT2D eigenvalue weighted by Crippen LogP contribution is -2.56. The Hall–Kier alpha value is -4.04. The van der Waals surface area contributed by atoms with E-state index in [0.29, 0.717) is 0 Å². The zero-order valence-corrected chi connectivity index (χ0v) is 25.8. The molecular formula is C39H40BN. The van der Waals surface area contributed by atoms with Crippen LogP contribution in [0.3, 0.4) is 0 Å². The summed E-state index contributed by atoms with van der Waals surface area (Å²) < 4.78 is 0. The van der Waals surface area contributed by atoms with Crippen molar-refractivity contribution in [2.24, 2.45) is 0 Å². The number of fused-ring (bicyclic) bond motifs is 2. The van der Waals surface area contributed by atoms with Gasteiger partial charge in [0.1, 0.15) is 0 Å². The number of nitrogens with zero attached hydrogens (tertiary/aromatic N) is 1. The standard InChI is InChI=1S/C39H40BN/c1-25-21-27(3)37(28(4)22-25)40(38-29(5)23-26(2)24-30(38)6)33-17-11-14-20-36(33)41-34-18-12-9-15-31(34)39(7,8)32-16-10-13-19-35(32)41/h9-24H,1-8H3. The maximum atomic E-state index is 2.52. The molecule has 0 saturated carbocycles. The van der Waals surface area contributed by atoms with Gasteiger partial charge in [-0.2, -0.15) is 0 Å². The highest BCUT2D eigenvalue weighted by Crippen LogP contribution is 2.51. The molecule has 0 fully saturated rings. The Bertz CT molecular complexity index is 1640. The molecular weight excluding hydrogens is 493 g/mol. The smallest absolute Gasteiger partial charge is 0.245 e. The Morgan fingerprint density at radius 2 is 0.854 bits per heavy atom. The highest BCUT2D eigenvalue weighted by atomic mass is 15.2. The molecule has 1 aliphatic heterocycles. The van der Waals surface area contributed by atoms with Crippen molar-refractivity contribution < 1.29 is 0 Å². The Labute approximate surface area is 247 Å². The summed E-state index contributed by atoms with van der Waals surface area (Å²) in [4.78, 5) is 2.52. The number of hydrogen-bond acceptors (Lipinski definition) is 1. The van der Waals surface area contributed by atoms with Gasteiger partial charge in [0.25, 0.3) is 0 Å². The van der Waals surface area contributed by atoms with Crippen LogP contribution in [0.4, 0.5) is 17.1 Å². The first kappa shape index (κ1) is 27.2. The molecule has 0 atom stereocenters. The molecule has 0 N–H and O–H groups in total. The molecule has 0 saturated heterocycles. The predicted octanol–water partition coefficient (Wildman–Crippen LogP) is 8.16. The molecule has 5 aromatic carbocycles. The molecule has 1 aliphatic rings. The van der Waals surface area contributed by atoms with E-state index in [1.165, 1.54) is 78.0 Å². The molecule has 1 heterocycles. The van der Waals surface area contributed by atoms with Crippen molar-refractivity contribution in [3.8, 4) is 0 Å². The van der Waals surface area contributed by atoms with Crippen LogP contribution in [0.2, 0.25) is 0 Å². The summed E-state index contributed by atoms with van der Waals surface area (Å²) in [6, 6.07) is 36.4. The fraction of sp³-hybridized carbons (Fsp3) is 0.231. The summed E-state index contributed by atoms with van der Waals surface area (Å²) in [5.41, 5.74) is 18.6. The lowest BCUT2D eigenvalue weighted by Gasteiger charge is -2.43. The Morgan fingerprint density at radius 3 is 1.29 bits per heavy atom. The minimum absolute atomic E-state index is 0.0910. The molecule has 0 aromatic heterocycles. The van der Waals surface area contributed by atoms with Crippen molar-refractivity contribution in [3.63, 3.8) is 0 Å². The molecule has 2 heteroatoms. The van der Waals surface area contributed by atoms with Gasteiger partial charge in [-0.25, -0.2) is 0 Å². The van der Waals surface area contributed by atoms with Crippen LogP contribution in [0.1, 0.15) is 58.4 Å². The molecule has 5 aromatic rings. The van der Waals surface area contributed by atoms with Gasteiger partial charge in [0.05, 0.1) is 11.4 Å². The van der Waals surface area contributed by atoms with Crippen molar-refractivity contribution in [1.29, 1.82) is 0 Å². The number of benzene rings is 5. The van der Waals surface area contributed by atoms with E-state index >= 15 is 0 Å². The summed E-state index contributed by atoms with van der Waals surface area (Å²) in [5.74, 6) is 0. The molecule has 1 nitrogen and oxygen atoms in total. The lowest BCUT2D eigenvalue weighted by atomic mass is 9.33. The van der Waals surface area contributed by atoms with Crippen LogP contribution < -0.4 is 21.3 Å². The molecule has 0 aliphatic carbocycles. The average molecular weight is 534 g/mol. The SMILES string of the molecule is Cc1cc(C)c(B(c2ccccc2N2c3ccccc3C(C)(C)c3ccccc32)c2c(C)cc(C)cc2C)c(C)c1. The van der Waals surface area contributed by atoms with Gasteiger partial charge >= 0.3 is 0 Å². The third-order valence-electron chi connectivity index (χ3n) is 9.18. The van der Waals surface area contributed by atoms with Crippen molar-refractivity contribution in [2.45, 2.75) is 60.8 Å². The highest BCUT2D eigenvalue weighted by molar-refractivity contribution is 6.97. The van der Waals surface area contributed by atoms with Crippen LogP contribution in [-0.4, -0.2) is 6.71 Å². The van der Waals surface area contributed by atoms with Gasteiger partial charge in [-0.05, 0) is 76.3 Å². The highest BCUT2D eigenvalue weighted by Gasteiger charge is 2.38. The third kappa shape index (κ3) is 4.41. The number of para-hydroxylation sites is 3. The molecule has 0 unspecified atom stereocenters. The third-order valence-corrected chi connectivity index (χ3v) is 9.18. The van der Waals surface area contributed by atoms with E-state index in [9.17, 15) is 0 Å². The van der Waals surface area contributed by atoms with E-state index < -0.39 is 0 Å². The maximum Gasteiger partial charge on any atom is 0.245 e. The molecule has 41 heavy (non-hydrogen) atoms. The topological polar surface area (TPSA) is 3.24 Å². The van der Waals surface area contributed by atoms with Crippen molar-refractivity contribution in [3.05, 3.63) is 142 Å². The monoisotopic (exact) mass is 533 g/mol. The maximum absolute atomic E-state index is 2.52. The largest absolute Gasteiger partial charge is 0.310 e. The van der Waals surface area contributed by atoms with Crippen LogP contribution >= 0.6 is 0 Å². The average Bonchev–Trinajstić information content (AvgIpc) is 2.92. The van der Waals surface area contributed by atoms with Gasteiger partial charge in [0.15, 0.2) is 0 Å². The van der Waals surface area contributed by atoms with Gasteiger partial charge < -0.3 is 4.90 Å². The summed E-state index contributed by atoms with van der Waals surface area (Å²) >= 11 is 0. The molecule has 0 amide bonds. The molecule has 0 bridgehead atoms. The first-order valence-electron chi connectivity index (χ1n) is 14.8. The van der Waals surface area contributed by atoms with Crippen LogP contribution in [0, 0.1) is 41.5 Å². The minimum atomic E-state index is -0.0910. The van der Waals surface area contributed by atoms with Crippen LogP contribution in [0.15, 0.2) is 97.1 Å². The van der Waals surface area contributed by atoms with Crippen molar-refractivity contribution >= 4 is 40.2 Å². The first-order valence-corrected chi connectivity index (χ1v) is 14.8. The summed E-state index contributed by atoms with van der Waals surface area (Å²) in [7, 11) is 0. The second-order valence-electron chi connectivity index (χ2n) is 12.6. The quantitative estimate of drug-likeness (QED) is 0.211. The molecule has 6 rings (SSSR count). The number of rotatable bonds is 4. The van der Waals surface area contributed by atoms with Gasteiger partial charge in [-0.3, -0.25) is 0 Å². The molecule has 0 radical (unpaired) electrons. The lowest BCUT2D eigenvalue weighted by molar-refractivity contribution is 0.632. The zero-order valence-electron chi connectivity index (χ0n) is 25.8. The molecule has 0 spiro atoms. The van der Waals surface area contributed by atoms with Crippen LogP contribution in [0.5, 0.6) is 0 Å². The molecule has 204 valence electrons. The Balaban J connectivity index is 1.70. The van der Waals surface area contributed by atoms with Crippen LogP contribution in [-0.2, 0) is 5.41 Å². The van der Waals surface area contributed by atoms with Gasteiger partial charge in [0, 0.05) is 11.1 Å². The summed E-state index contributed by atoms with van der Waals surface area (Å²) in [6.07, 6.45) is 0. The summed E-state index contributed by atoms with van der Waals surface area (Å²) in [5, 5.41) is 0. The first-order chi connectivity index (χ1) is 19.6. The van der Waals surface area contributed by atoms with Gasteiger partial charge in [0.2, 0.25) is 6.71 Å². The van der Waals surface area contributed by atoms with E-state index in [0.717, 1.165) is 0 Å². The second kappa shape index (κ2) is 10.1. The Kier molecular flexibility index (Phi) is 6.69. The van der Waals surface area contributed by atoms with E-state index in [4.69, 9.17) is 0 Å². The Morgan fingerprint density at radius 1 is 0.488 bits per heavy atom. The van der Waals surface area contributed by atoms with Gasteiger partial charge in [-0.15, -0.1) is 0 Å². The number of aryl methyl sites for hydroxylation is 6. The number of anilines is 3. The fourth-order valence-corrected chi connectivity index (χ4v) is 7.61. The van der Waals surface area contributed by atoms with Gasteiger partial charge in [-0.1, -0.05) is 137 Å². The van der Waals surface area contributed by atoms with E-state index in [1.54, 1.807) is 0 Å². The normalized spacial score (nSPS) is 13.5. The second-order valence-corrected chi connectivity index (χ2v) is 12.6. The van der Waals surface area contributed by atoms with Crippen LogP contribution in [0.25, 0.3) is 0 Å². The zero-order chi connectivity index (χ0) is 29.1. The van der Waals surface area contributed by atoms with Crippen molar-refractivity contribution in [1.82, 2.24) is 0 Å². The van der Waals surface area contributed by atoms with Crippen molar-refractivity contribution in [2.75, 3.05) is 4.90 Å². The summed E-state index contributed by atoms with van der Waals surface area (Å²) in [6.45, 7) is 18.4. The number of hydrogen-bond donors (Lipinski definition) is 0.